The number of hydrogen-bond donors (Lipinski definition) is 2. The van der Waals surface area contributed by atoms with Crippen LogP contribution in [0.3, 0.4) is 0 Å². The molecule has 2 amide bonds. The average molecular weight is 232 g/mol. The average Bonchev–Trinajstić information content (AvgIpc) is 2.98. The van der Waals surface area contributed by atoms with Crippen LogP contribution in [0.4, 0.5) is 11.4 Å². The minimum absolute atomic E-state index is 0.0878. The first kappa shape index (κ1) is 11.6. The number of carbonyl (C=O) groups excluding carboxylic acids is 2. The molecule has 2 atom stereocenters. The van der Waals surface area contributed by atoms with Crippen molar-refractivity contribution in [1.82, 2.24) is 0 Å². The highest BCUT2D eigenvalue weighted by Gasteiger charge is 2.38. The molecule has 1 aromatic rings. The van der Waals surface area contributed by atoms with Crippen LogP contribution < -0.4 is 10.6 Å². The number of nitrogens with one attached hydrogen (secondary N) is 2. The van der Waals surface area contributed by atoms with Crippen molar-refractivity contribution in [2.24, 2.45) is 11.8 Å². The molecule has 90 valence electrons. The van der Waals surface area contributed by atoms with E-state index in [2.05, 4.69) is 17.6 Å². The van der Waals surface area contributed by atoms with E-state index >= 15 is 0 Å². The van der Waals surface area contributed by atoms with Gasteiger partial charge in [-0.05, 0) is 36.6 Å². The Hall–Kier alpha value is -1.84. The predicted molar refractivity (Wildman–Crippen MR) is 66.6 cm³/mol. The van der Waals surface area contributed by atoms with Crippen molar-refractivity contribution in [2.45, 2.75) is 20.3 Å². The monoisotopic (exact) mass is 232 g/mol. The van der Waals surface area contributed by atoms with Crippen molar-refractivity contribution in [2.75, 3.05) is 10.6 Å². The number of hydrogen-bond acceptors (Lipinski definition) is 2. The molecule has 0 aliphatic heterocycles. The van der Waals surface area contributed by atoms with E-state index in [0.717, 1.165) is 17.8 Å². The van der Waals surface area contributed by atoms with Crippen molar-refractivity contribution in [3.8, 4) is 0 Å². The van der Waals surface area contributed by atoms with Gasteiger partial charge in [-0.25, -0.2) is 0 Å². The first-order valence-corrected chi connectivity index (χ1v) is 5.75. The quantitative estimate of drug-likeness (QED) is 0.839. The molecule has 0 heterocycles. The number of amides is 2. The molecule has 1 fully saturated rings. The fourth-order valence-electron chi connectivity index (χ4n) is 1.76. The SMILES string of the molecule is CC(=O)Nc1ccc(NC(=O)[C@@H]2C[C@@H]2C)cc1. The summed E-state index contributed by atoms with van der Waals surface area (Å²) in [6.07, 6.45) is 0.982. The fourth-order valence-corrected chi connectivity index (χ4v) is 1.76. The predicted octanol–water partition coefficient (Wildman–Crippen LogP) is 2.24. The number of benzene rings is 1. The van der Waals surface area contributed by atoms with Crippen LogP contribution >= 0.6 is 0 Å². The lowest BCUT2D eigenvalue weighted by molar-refractivity contribution is -0.117. The lowest BCUT2D eigenvalue weighted by Crippen LogP contribution is -2.14. The molecule has 4 heteroatoms. The van der Waals surface area contributed by atoms with Crippen LogP contribution in [-0.2, 0) is 9.59 Å². The van der Waals surface area contributed by atoms with Gasteiger partial charge in [0, 0.05) is 24.2 Å². The first-order chi connectivity index (χ1) is 8.06. The summed E-state index contributed by atoms with van der Waals surface area (Å²) in [7, 11) is 0. The Morgan fingerprint density at radius 1 is 1.12 bits per heavy atom. The van der Waals surface area contributed by atoms with Gasteiger partial charge in [0.25, 0.3) is 0 Å². The Kier molecular flexibility index (Phi) is 3.13. The first-order valence-electron chi connectivity index (χ1n) is 5.75. The minimum Gasteiger partial charge on any atom is -0.326 e. The third-order valence-corrected chi connectivity index (χ3v) is 2.92. The van der Waals surface area contributed by atoms with Gasteiger partial charge in [-0.3, -0.25) is 9.59 Å². The Bertz CT molecular complexity index is 439. The Morgan fingerprint density at radius 3 is 2.00 bits per heavy atom. The maximum absolute atomic E-state index is 11.7. The summed E-state index contributed by atoms with van der Waals surface area (Å²) in [4.78, 5) is 22.5. The summed E-state index contributed by atoms with van der Waals surface area (Å²) in [6, 6.07) is 7.12. The highest BCUT2D eigenvalue weighted by atomic mass is 16.2. The molecule has 0 spiro atoms. The molecule has 1 saturated carbocycles. The molecule has 1 aliphatic carbocycles. The van der Waals surface area contributed by atoms with Crippen LogP contribution in [0.5, 0.6) is 0 Å². The second kappa shape index (κ2) is 4.57. The third-order valence-electron chi connectivity index (χ3n) is 2.92. The number of rotatable bonds is 3. The molecule has 4 nitrogen and oxygen atoms in total. The van der Waals surface area contributed by atoms with Crippen LogP contribution in [0.15, 0.2) is 24.3 Å². The summed E-state index contributed by atoms with van der Waals surface area (Å²) < 4.78 is 0. The van der Waals surface area contributed by atoms with Crippen LogP contribution in [-0.4, -0.2) is 11.8 Å². The van der Waals surface area contributed by atoms with Gasteiger partial charge in [0.15, 0.2) is 0 Å². The highest BCUT2D eigenvalue weighted by molar-refractivity contribution is 5.95. The standard InChI is InChI=1S/C13H16N2O2/c1-8-7-12(8)13(17)15-11-5-3-10(4-6-11)14-9(2)16/h3-6,8,12H,7H2,1-2H3,(H,14,16)(H,15,17)/t8-,12+/m0/s1. The molecular formula is C13H16N2O2. The van der Waals surface area contributed by atoms with Gasteiger partial charge in [-0.1, -0.05) is 6.92 Å². The van der Waals surface area contributed by atoms with E-state index < -0.39 is 0 Å². The molecule has 1 aromatic carbocycles. The Morgan fingerprint density at radius 2 is 1.59 bits per heavy atom. The van der Waals surface area contributed by atoms with E-state index in [1.807, 2.05) is 0 Å². The van der Waals surface area contributed by atoms with E-state index in [0.29, 0.717) is 5.92 Å². The molecule has 0 saturated heterocycles. The lowest BCUT2D eigenvalue weighted by Gasteiger charge is -2.06. The molecule has 0 radical (unpaired) electrons. The normalized spacial score (nSPS) is 21.8. The topological polar surface area (TPSA) is 58.2 Å². The van der Waals surface area contributed by atoms with Gasteiger partial charge >= 0.3 is 0 Å². The zero-order valence-electron chi connectivity index (χ0n) is 9.99. The van der Waals surface area contributed by atoms with Crippen LogP contribution in [0.25, 0.3) is 0 Å². The van der Waals surface area contributed by atoms with Gasteiger partial charge in [0.05, 0.1) is 0 Å². The molecule has 1 aliphatic rings. The molecule has 2 rings (SSSR count). The van der Waals surface area contributed by atoms with Crippen molar-refractivity contribution in [3.05, 3.63) is 24.3 Å². The van der Waals surface area contributed by atoms with E-state index in [1.54, 1.807) is 24.3 Å². The summed E-state index contributed by atoms with van der Waals surface area (Å²) >= 11 is 0. The second-order valence-electron chi connectivity index (χ2n) is 4.57. The smallest absolute Gasteiger partial charge is 0.227 e. The van der Waals surface area contributed by atoms with Gasteiger partial charge in [0.2, 0.25) is 11.8 Å². The highest BCUT2D eigenvalue weighted by Crippen LogP contribution is 2.38. The molecule has 17 heavy (non-hydrogen) atoms. The van der Waals surface area contributed by atoms with Crippen LogP contribution in [0.1, 0.15) is 20.3 Å². The number of carbonyl (C=O) groups is 2. The largest absolute Gasteiger partial charge is 0.326 e. The van der Waals surface area contributed by atoms with Crippen molar-refractivity contribution in [1.29, 1.82) is 0 Å². The van der Waals surface area contributed by atoms with Gasteiger partial charge in [-0.2, -0.15) is 0 Å². The van der Waals surface area contributed by atoms with Crippen molar-refractivity contribution < 1.29 is 9.59 Å². The molecule has 0 bridgehead atoms. The lowest BCUT2D eigenvalue weighted by atomic mass is 10.2. The van der Waals surface area contributed by atoms with Crippen LogP contribution in [0, 0.1) is 11.8 Å². The maximum Gasteiger partial charge on any atom is 0.227 e. The Labute approximate surface area is 100 Å². The third kappa shape index (κ3) is 3.06. The van der Waals surface area contributed by atoms with E-state index in [4.69, 9.17) is 0 Å². The summed E-state index contributed by atoms with van der Waals surface area (Å²) in [6.45, 7) is 3.54. The summed E-state index contributed by atoms with van der Waals surface area (Å²) in [5, 5.41) is 5.54. The zero-order chi connectivity index (χ0) is 12.4. The van der Waals surface area contributed by atoms with Gasteiger partial charge < -0.3 is 10.6 Å². The second-order valence-corrected chi connectivity index (χ2v) is 4.57. The van der Waals surface area contributed by atoms with Crippen LogP contribution in [0.2, 0.25) is 0 Å². The minimum atomic E-state index is -0.103. The maximum atomic E-state index is 11.7. The van der Waals surface area contributed by atoms with Gasteiger partial charge in [0.1, 0.15) is 0 Å². The molecular weight excluding hydrogens is 216 g/mol. The van der Waals surface area contributed by atoms with E-state index in [-0.39, 0.29) is 17.7 Å². The summed E-state index contributed by atoms with van der Waals surface area (Å²) in [5.41, 5.74) is 1.50. The summed E-state index contributed by atoms with van der Waals surface area (Å²) in [5.74, 6) is 0.664. The fraction of sp³-hybridized carbons (Fsp3) is 0.385. The molecule has 0 unspecified atom stereocenters. The van der Waals surface area contributed by atoms with E-state index in [1.165, 1.54) is 6.92 Å². The zero-order valence-corrected chi connectivity index (χ0v) is 9.99. The Balaban J connectivity index is 1.93. The van der Waals surface area contributed by atoms with Crippen molar-refractivity contribution in [3.63, 3.8) is 0 Å². The van der Waals surface area contributed by atoms with Crippen molar-refractivity contribution >= 4 is 23.2 Å². The molecule has 0 aromatic heterocycles. The molecule has 2 N–H and O–H groups in total. The van der Waals surface area contributed by atoms with E-state index in [9.17, 15) is 9.59 Å². The van der Waals surface area contributed by atoms with Gasteiger partial charge in [-0.15, -0.1) is 0 Å². The number of anilines is 2.